The minimum Gasteiger partial charge on any atom is -0.480 e. The molecule has 1 aromatic carbocycles. The van der Waals surface area contributed by atoms with Crippen molar-refractivity contribution in [2.45, 2.75) is 0 Å². The quantitative estimate of drug-likeness (QED) is 0.672. The normalized spacial score (nSPS) is 10.4. The fraction of sp³-hybridized carbons (Fsp3) is 0.250. The molecule has 0 atom stereocenters. The van der Waals surface area contributed by atoms with Crippen molar-refractivity contribution in [3.63, 3.8) is 0 Å². The first-order valence-electron chi connectivity index (χ1n) is 5.68. The Morgan fingerprint density at radius 2 is 1.57 bits per heavy atom. The molecule has 0 heterocycles. The number of carboxylic acids is 2. The van der Waals surface area contributed by atoms with Crippen molar-refractivity contribution in [3.8, 4) is 0 Å². The molecule has 0 fully saturated rings. The Balaban J connectivity index is 2.66. The molecule has 0 aliphatic rings. The summed E-state index contributed by atoms with van der Waals surface area (Å²) in [5.74, 6) is -5.57. The number of hydrogen-bond donors (Lipinski definition) is 3. The molecule has 0 aromatic heterocycles. The summed E-state index contributed by atoms with van der Waals surface area (Å²) in [4.78, 5) is 33.6. The van der Waals surface area contributed by atoms with Crippen LogP contribution in [-0.4, -0.2) is 52.6 Å². The van der Waals surface area contributed by atoms with E-state index >= 15 is 0 Å². The van der Waals surface area contributed by atoms with Gasteiger partial charge in [-0.2, -0.15) is 0 Å². The van der Waals surface area contributed by atoms with Crippen LogP contribution in [0.4, 0.5) is 14.5 Å². The summed E-state index contributed by atoms with van der Waals surface area (Å²) < 4.78 is 25.7. The molecular formula is C12H12F2N2O5. The maximum absolute atomic E-state index is 12.9. The van der Waals surface area contributed by atoms with Crippen LogP contribution in [0.15, 0.2) is 18.2 Å². The molecule has 0 aliphatic heterocycles. The van der Waals surface area contributed by atoms with Crippen LogP contribution in [0.1, 0.15) is 0 Å². The maximum atomic E-state index is 12.9. The van der Waals surface area contributed by atoms with Gasteiger partial charge in [-0.1, -0.05) is 0 Å². The maximum Gasteiger partial charge on any atom is 0.317 e. The number of halogens is 2. The number of carbonyl (C=O) groups excluding carboxylic acids is 1. The van der Waals surface area contributed by atoms with E-state index in [1.807, 2.05) is 0 Å². The molecule has 7 nitrogen and oxygen atoms in total. The number of carboxylic acid groups (broad SMARTS) is 2. The fourth-order valence-corrected chi connectivity index (χ4v) is 1.53. The van der Waals surface area contributed by atoms with Gasteiger partial charge in [0, 0.05) is 11.8 Å². The lowest BCUT2D eigenvalue weighted by molar-refractivity contribution is -0.142. The first-order valence-corrected chi connectivity index (χ1v) is 5.68. The van der Waals surface area contributed by atoms with E-state index in [9.17, 15) is 23.2 Å². The number of nitrogens with one attached hydrogen (secondary N) is 1. The zero-order valence-corrected chi connectivity index (χ0v) is 10.7. The number of rotatable bonds is 7. The summed E-state index contributed by atoms with van der Waals surface area (Å²) >= 11 is 0. The molecule has 3 N–H and O–H groups in total. The molecule has 9 heteroatoms. The number of hydrogen-bond acceptors (Lipinski definition) is 4. The van der Waals surface area contributed by atoms with Crippen molar-refractivity contribution in [2.24, 2.45) is 0 Å². The molecule has 0 bridgehead atoms. The van der Waals surface area contributed by atoms with E-state index in [4.69, 9.17) is 10.2 Å². The van der Waals surface area contributed by atoms with E-state index in [1.165, 1.54) is 0 Å². The predicted molar refractivity (Wildman–Crippen MR) is 66.7 cm³/mol. The molecule has 0 radical (unpaired) electrons. The highest BCUT2D eigenvalue weighted by Crippen LogP contribution is 2.12. The van der Waals surface area contributed by atoms with Gasteiger partial charge in [-0.25, -0.2) is 8.78 Å². The number of nitrogens with zero attached hydrogens (tertiary/aromatic N) is 1. The zero-order valence-electron chi connectivity index (χ0n) is 10.7. The van der Waals surface area contributed by atoms with Gasteiger partial charge in [0.2, 0.25) is 5.91 Å². The van der Waals surface area contributed by atoms with Crippen LogP contribution >= 0.6 is 0 Å². The summed E-state index contributed by atoms with van der Waals surface area (Å²) in [6, 6.07) is 2.69. The molecule has 0 spiro atoms. The van der Waals surface area contributed by atoms with Crippen LogP contribution in [0.3, 0.4) is 0 Å². The summed E-state index contributed by atoms with van der Waals surface area (Å²) in [6.07, 6.45) is 0. The average Bonchev–Trinajstić information content (AvgIpc) is 2.31. The average molecular weight is 302 g/mol. The van der Waals surface area contributed by atoms with Crippen LogP contribution in [0.2, 0.25) is 0 Å². The van der Waals surface area contributed by atoms with Crippen LogP contribution in [-0.2, 0) is 14.4 Å². The third kappa shape index (κ3) is 5.95. The predicted octanol–water partition coefficient (Wildman–Crippen LogP) is 0.374. The number of amides is 1. The zero-order chi connectivity index (χ0) is 16.0. The second kappa shape index (κ2) is 7.29. The smallest absolute Gasteiger partial charge is 0.317 e. The van der Waals surface area contributed by atoms with E-state index in [2.05, 4.69) is 5.32 Å². The van der Waals surface area contributed by atoms with Crippen LogP contribution in [0, 0.1) is 11.6 Å². The van der Waals surface area contributed by atoms with Gasteiger partial charge in [0.05, 0.1) is 19.6 Å². The van der Waals surface area contributed by atoms with Crippen molar-refractivity contribution in [1.29, 1.82) is 0 Å². The highest BCUT2D eigenvalue weighted by molar-refractivity contribution is 5.92. The van der Waals surface area contributed by atoms with E-state index in [0.29, 0.717) is 0 Å². The molecule has 0 saturated carbocycles. The Morgan fingerprint density at radius 3 is 2.05 bits per heavy atom. The second-order valence-electron chi connectivity index (χ2n) is 4.11. The van der Waals surface area contributed by atoms with Gasteiger partial charge < -0.3 is 15.5 Å². The summed E-state index contributed by atoms with van der Waals surface area (Å²) in [6.45, 7) is -1.80. The minimum absolute atomic E-state index is 0.0236. The number of anilines is 1. The Kier molecular flexibility index (Phi) is 5.73. The first-order chi connectivity index (χ1) is 9.77. The Morgan fingerprint density at radius 1 is 1.00 bits per heavy atom. The fourth-order valence-electron chi connectivity index (χ4n) is 1.53. The van der Waals surface area contributed by atoms with Gasteiger partial charge in [-0.05, 0) is 12.1 Å². The summed E-state index contributed by atoms with van der Waals surface area (Å²) in [5.41, 5.74) is -0.0236. The van der Waals surface area contributed by atoms with Crippen molar-refractivity contribution in [1.82, 2.24) is 4.90 Å². The molecule has 1 aromatic rings. The van der Waals surface area contributed by atoms with E-state index < -0.39 is 49.1 Å². The van der Waals surface area contributed by atoms with Crippen LogP contribution in [0.5, 0.6) is 0 Å². The standard InChI is InChI=1S/C12H12F2N2O5/c13-8-2-1-7(3-9(8)14)15-10(17)4-16(5-11(18)19)6-12(20)21/h1-3H,4-6H2,(H,15,17)(H,18,19)(H,20,21). The lowest BCUT2D eigenvalue weighted by Crippen LogP contribution is -2.40. The topological polar surface area (TPSA) is 107 Å². The van der Waals surface area contributed by atoms with E-state index in [-0.39, 0.29) is 5.69 Å². The Labute approximate surface area is 117 Å². The van der Waals surface area contributed by atoms with Crippen molar-refractivity contribution < 1.29 is 33.4 Å². The van der Waals surface area contributed by atoms with Crippen molar-refractivity contribution >= 4 is 23.5 Å². The number of benzene rings is 1. The SMILES string of the molecule is O=C(O)CN(CC(=O)O)CC(=O)Nc1ccc(F)c(F)c1. The van der Waals surface area contributed by atoms with Crippen molar-refractivity contribution in [2.75, 3.05) is 25.0 Å². The lowest BCUT2D eigenvalue weighted by atomic mass is 10.3. The highest BCUT2D eigenvalue weighted by atomic mass is 19.2. The number of carbonyl (C=O) groups is 3. The highest BCUT2D eigenvalue weighted by Gasteiger charge is 2.17. The van der Waals surface area contributed by atoms with Crippen LogP contribution < -0.4 is 5.32 Å². The van der Waals surface area contributed by atoms with Gasteiger partial charge in [0.15, 0.2) is 11.6 Å². The summed E-state index contributed by atoms with van der Waals surface area (Å²) in [5, 5.41) is 19.4. The van der Waals surface area contributed by atoms with Gasteiger partial charge in [0.1, 0.15) is 0 Å². The third-order valence-corrected chi connectivity index (χ3v) is 2.29. The van der Waals surface area contributed by atoms with Crippen LogP contribution in [0.25, 0.3) is 0 Å². The molecule has 21 heavy (non-hydrogen) atoms. The minimum atomic E-state index is -1.29. The molecule has 0 saturated heterocycles. The molecule has 114 valence electrons. The second-order valence-corrected chi connectivity index (χ2v) is 4.11. The Bertz CT molecular complexity index is 549. The van der Waals surface area contributed by atoms with Crippen molar-refractivity contribution in [3.05, 3.63) is 29.8 Å². The number of aliphatic carboxylic acids is 2. The monoisotopic (exact) mass is 302 g/mol. The van der Waals surface area contributed by atoms with Gasteiger partial charge in [-0.3, -0.25) is 19.3 Å². The summed E-state index contributed by atoms with van der Waals surface area (Å²) in [7, 11) is 0. The van der Waals surface area contributed by atoms with E-state index in [1.54, 1.807) is 0 Å². The molecule has 1 amide bonds. The Hall–Kier alpha value is -2.55. The van der Waals surface area contributed by atoms with Gasteiger partial charge in [-0.15, -0.1) is 0 Å². The largest absolute Gasteiger partial charge is 0.480 e. The lowest BCUT2D eigenvalue weighted by Gasteiger charge is -2.17. The molecular weight excluding hydrogens is 290 g/mol. The van der Waals surface area contributed by atoms with Gasteiger partial charge >= 0.3 is 11.9 Å². The molecule has 1 rings (SSSR count). The molecule has 0 aliphatic carbocycles. The molecule has 0 unspecified atom stereocenters. The third-order valence-electron chi connectivity index (χ3n) is 2.29. The van der Waals surface area contributed by atoms with E-state index in [0.717, 1.165) is 23.1 Å². The first kappa shape index (κ1) is 16.5. The van der Waals surface area contributed by atoms with Gasteiger partial charge in [0.25, 0.3) is 0 Å².